The first-order chi connectivity index (χ1) is 11.8. The van der Waals surface area contributed by atoms with Gasteiger partial charge in [0.15, 0.2) is 0 Å². The summed E-state index contributed by atoms with van der Waals surface area (Å²) in [4.78, 5) is 27.0. The quantitative estimate of drug-likeness (QED) is 0.265. The minimum atomic E-state index is -2.15. The molecule has 2 amide bonds. The maximum Gasteiger partial charge on any atom is 0.236 e. The number of imide groups is 1. The molecule has 4 aliphatic heterocycles. The highest BCUT2D eigenvalue weighted by molar-refractivity contribution is 8.01. The minimum Gasteiger partial charge on any atom is -0.375 e. The summed E-state index contributed by atoms with van der Waals surface area (Å²) in [5, 5.41) is 0. The molecule has 0 aliphatic carbocycles. The van der Waals surface area contributed by atoms with Crippen LogP contribution in [0.25, 0.3) is 0 Å². The van der Waals surface area contributed by atoms with Crippen LogP contribution < -0.4 is 0 Å². The van der Waals surface area contributed by atoms with Gasteiger partial charge in [-0.25, -0.2) is 0 Å². The van der Waals surface area contributed by atoms with Gasteiger partial charge in [0.25, 0.3) is 0 Å². The lowest BCUT2D eigenvalue weighted by Crippen LogP contribution is -2.44. The van der Waals surface area contributed by atoms with Gasteiger partial charge in [-0.2, -0.15) is 0 Å². The SMILES string of the molecule is C[SH](C)(=O)CCCN1C(=O)C2C3C=CC(COCC4CO4)(O3)C2C1=O. The van der Waals surface area contributed by atoms with Crippen molar-refractivity contribution in [1.29, 1.82) is 0 Å². The van der Waals surface area contributed by atoms with E-state index >= 15 is 0 Å². The Hall–Kier alpha value is -1.09. The van der Waals surface area contributed by atoms with Crippen LogP contribution in [0.1, 0.15) is 6.42 Å². The molecule has 25 heavy (non-hydrogen) atoms. The lowest BCUT2D eigenvalue weighted by atomic mass is 9.77. The molecule has 0 aromatic rings. The maximum absolute atomic E-state index is 12.9. The number of thiol groups is 1. The van der Waals surface area contributed by atoms with Gasteiger partial charge in [0.2, 0.25) is 11.8 Å². The Kier molecular flexibility index (Phi) is 4.14. The highest BCUT2D eigenvalue weighted by Gasteiger charge is 2.67. The van der Waals surface area contributed by atoms with Crippen molar-refractivity contribution in [3.63, 3.8) is 0 Å². The van der Waals surface area contributed by atoms with Crippen molar-refractivity contribution in [3.8, 4) is 0 Å². The molecule has 5 atom stereocenters. The van der Waals surface area contributed by atoms with E-state index in [2.05, 4.69) is 0 Å². The number of fused-ring (bicyclic) bond motifs is 5. The Morgan fingerprint density at radius 2 is 2.12 bits per heavy atom. The van der Waals surface area contributed by atoms with Gasteiger partial charge in [0, 0.05) is 12.3 Å². The topological polar surface area (TPSA) is 85.4 Å². The fraction of sp³-hybridized carbons (Fsp3) is 0.765. The predicted octanol–water partition coefficient (Wildman–Crippen LogP) is -0.623. The molecule has 0 N–H and O–H groups in total. The third kappa shape index (κ3) is 3.09. The van der Waals surface area contributed by atoms with Crippen LogP contribution in [0.5, 0.6) is 0 Å². The van der Waals surface area contributed by atoms with E-state index < -0.39 is 27.4 Å². The molecule has 0 saturated carbocycles. The fourth-order valence-electron chi connectivity index (χ4n) is 4.07. The summed E-state index contributed by atoms with van der Waals surface area (Å²) in [7, 11) is -2.15. The number of likely N-dealkylation sites (tertiary alicyclic amines) is 1. The van der Waals surface area contributed by atoms with E-state index in [0.29, 0.717) is 31.9 Å². The smallest absolute Gasteiger partial charge is 0.236 e. The summed E-state index contributed by atoms with van der Waals surface area (Å²) in [6.07, 6.45) is 7.57. The third-order valence-corrected chi connectivity index (χ3v) is 6.75. The number of epoxide rings is 1. The van der Waals surface area contributed by atoms with Gasteiger partial charge < -0.3 is 14.2 Å². The number of hydrogen-bond acceptors (Lipinski definition) is 6. The van der Waals surface area contributed by atoms with E-state index in [1.54, 1.807) is 12.5 Å². The van der Waals surface area contributed by atoms with Crippen LogP contribution in [0.3, 0.4) is 0 Å². The summed E-state index contributed by atoms with van der Waals surface area (Å²) in [5.41, 5.74) is -0.837. The van der Waals surface area contributed by atoms with E-state index in [-0.39, 0.29) is 30.6 Å². The van der Waals surface area contributed by atoms with Crippen LogP contribution in [0.2, 0.25) is 0 Å². The summed E-state index contributed by atoms with van der Waals surface area (Å²) in [6, 6.07) is 0. The van der Waals surface area contributed by atoms with Crippen molar-refractivity contribution in [1.82, 2.24) is 4.90 Å². The molecule has 4 aliphatic rings. The molecule has 140 valence electrons. The van der Waals surface area contributed by atoms with Crippen LogP contribution in [0, 0.1) is 11.8 Å². The second-order valence-electron chi connectivity index (χ2n) is 7.85. The van der Waals surface area contributed by atoms with E-state index in [1.807, 2.05) is 12.2 Å². The monoisotopic (exact) mass is 371 g/mol. The number of nitrogens with zero attached hydrogens (tertiary/aromatic N) is 1. The van der Waals surface area contributed by atoms with Crippen LogP contribution in [0.4, 0.5) is 0 Å². The number of rotatable bonds is 8. The maximum atomic E-state index is 12.9. The van der Waals surface area contributed by atoms with E-state index in [4.69, 9.17) is 14.2 Å². The lowest BCUT2D eigenvalue weighted by Gasteiger charge is -2.28. The van der Waals surface area contributed by atoms with Gasteiger partial charge in [-0.1, -0.05) is 12.2 Å². The summed E-state index contributed by atoms with van der Waals surface area (Å²) in [5.74, 6) is -0.778. The van der Waals surface area contributed by atoms with Crippen molar-refractivity contribution in [2.75, 3.05) is 44.6 Å². The normalized spacial score (nSPS) is 39.4. The molecule has 4 heterocycles. The Balaban J connectivity index is 1.44. The Morgan fingerprint density at radius 3 is 2.80 bits per heavy atom. The second-order valence-corrected chi connectivity index (χ2v) is 11.4. The van der Waals surface area contributed by atoms with Gasteiger partial charge in [-0.15, -0.1) is 9.93 Å². The molecule has 8 heteroatoms. The molecule has 3 saturated heterocycles. The molecular weight excluding hydrogens is 346 g/mol. The number of carbonyl (C=O) groups is 2. The van der Waals surface area contributed by atoms with Gasteiger partial charge in [0.1, 0.15) is 11.7 Å². The molecule has 0 spiro atoms. The lowest BCUT2D eigenvalue weighted by molar-refractivity contribution is -0.146. The molecule has 0 aromatic heterocycles. The first-order valence-electron chi connectivity index (χ1n) is 8.76. The summed E-state index contributed by atoms with van der Waals surface area (Å²) >= 11 is 0. The average Bonchev–Trinajstić information content (AvgIpc) is 3.09. The van der Waals surface area contributed by atoms with Gasteiger partial charge >= 0.3 is 0 Å². The standard InChI is InChI=1S/C17H25NO6S/c1-25(2,21)7-3-6-18-15(19)13-12-4-5-17(24-12,14(13)16(18)20)10-22-8-11-9-23-11/h4-5,11-14,25H,3,6-10H2,1-2H3. The summed E-state index contributed by atoms with van der Waals surface area (Å²) in [6.45, 7) is 1.78. The average molecular weight is 371 g/mol. The van der Waals surface area contributed by atoms with Gasteiger partial charge in [0.05, 0.1) is 37.8 Å². The van der Waals surface area contributed by atoms with Crippen LogP contribution in [-0.4, -0.2) is 83.4 Å². The molecule has 4 rings (SSSR count). The number of hydrogen-bond donors (Lipinski definition) is 1. The van der Waals surface area contributed by atoms with Crippen molar-refractivity contribution >= 4 is 21.7 Å². The molecule has 5 unspecified atom stereocenters. The van der Waals surface area contributed by atoms with E-state index in [9.17, 15) is 13.8 Å². The van der Waals surface area contributed by atoms with Crippen LogP contribution in [-0.2, 0) is 33.7 Å². The van der Waals surface area contributed by atoms with E-state index in [0.717, 1.165) is 0 Å². The highest BCUT2D eigenvalue weighted by Crippen LogP contribution is 2.51. The first-order valence-corrected chi connectivity index (χ1v) is 11.6. The van der Waals surface area contributed by atoms with Crippen molar-refractivity contribution in [3.05, 3.63) is 12.2 Å². The largest absolute Gasteiger partial charge is 0.375 e. The predicted molar refractivity (Wildman–Crippen MR) is 91.9 cm³/mol. The number of carbonyl (C=O) groups excluding carboxylic acids is 2. The molecule has 0 aromatic carbocycles. The van der Waals surface area contributed by atoms with E-state index in [1.165, 1.54) is 4.90 Å². The van der Waals surface area contributed by atoms with Crippen LogP contribution in [0.15, 0.2) is 12.2 Å². The third-order valence-electron chi connectivity index (χ3n) is 5.36. The van der Waals surface area contributed by atoms with Crippen molar-refractivity contribution in [2.45, 2.75) is 24.2 Å². The highest BCUT2D eigenvalue weighted by atomic mass is 32.2. The van der Waals surface area contributed by atoms with Gasteiger partial charge in [-0.05, 0) is 18.9 Å². The first kappa shape index (κ1) is 17.3. The molecule has 3 fully saturated rings. The molecule has 2 bridgehead atoms. The second kappa shape index (κ2) is 5.97. The number of amides is 2. The van der Waals surface area contributed by atoms with Gasteiger partial charge in [-0.3, -0.25) is 18.7 Å². The minimum absolute atomic E-state index is 0.144. The zero-order valence-electron chi connectivity index (χ0n) is 14.6. The number of ether oxygens (including phenoxy) is 3. The molecule has 7 nitrogen and oxygen atoms in total. The Morgan fingerprint density at radius 1 is 1.36 bits per heavy atom. The molecular formula is C17H25NO6S. The zero-order chi connectivity index (χ0) is 17.8. The zero-order valence-corrected chi connectivity index (χ0v) is 15.4. The Labute approximate surface area is 148 Å². The van der Waals surface area contributed by atoms with Crippen molar-refractivity contribution in [2.24, 2.45) is 11.8 Å². The fourth-order valence-corrected chi connectivity index (χ4v) is 4.97. The Bertz CT molecular complexity index is 668. The van der Waals surface area contributed by atoms with Crippen molar-refractivity contribution < 1.29 is 28.0 Å². The molecule has 0 radical (unpaired) electrons. The summed E-state index contributed by atoms with van der Waals surface area (Å²) < 4.78 is 28.7. The van der Waals surface area contributed by atoms with Crippen LogP contribution >= 0.6 is 0 Å².